The maximum Gasteiger partial charge on any atom is 0.472 e. The van der Waals surface area contributed by atoms with Crippen LogP contribution in [0.15, 0.2) is 194 Å². The maximum atomic E-state index is 13.1. The van der Waals surface area contributed by atoms with Gasteiger partial charge in [0.05, 0.1) is 26.4 Å². The second-order valence-corrected chi connectivity index (χ2v) is 27.7. The van der Waals surface area contributed by atoms with Gasteiger partial charge in [-0.15, -0.1) is 0 Å². The van der Waals surface area contributed by atoms with Crippen LogP contribution in [0.3, 0.4) is 0 Å². The van der Waals surface area contributed by atoms with Crippen molar-refractivity contribution in [3.8, 4) is 0 Å². The summed E-state index contributed by atoms with van der Waals surface area (Å²) in [5.41, 5.74) is 0. The molecule has 5 atom stereocenters. The van der Waals surface area contributed by atoms with E-state index in [0.717, 1.165) is 135 Å². The quantitative estimate of drug-likeness (QED) is 0.0169. The zero-order valence-electron chi connectivity index (χ0n) is 63.9. The minimum absolute atomic E-state index is 0.0206. The van der Waals surface area contributed by atoms with Crippen LogP contribution in [-0.4, -0.2) is 96.7 Å². The SMILES string of the molecule is CC/C=C\C/C=C\C/C=C\C/C=C\C/C=C\C/C=C\CCC(=O)OCC(COP(=O)(O)OCC(O)COP(=O)(O)OCC(COC(=O)CCC/C=C\C/C=C\C/C=C\C/C=C\C/C=C\CC)OC(=O)CCCC/C=C\C/C=C\C/C=C\C/C=C\CC)OC(=O)CCCCCCC/C=C\CCCCCC. The Hall–Kier alpha value is -6.10. The molecule has 0 amide bonds. The summed E-state index contributed by atoms with van der Waals surface area (Å²) in [4.78, 5) is 72.9. The molecule has 0 fully saturated rings. The first-order chi connectivity index (χ1) is 50.7. The third-order valence-corrected chi connectivity index (χ3v) is 16.9. The molecule has 0 heterocycles. The summed E-state index contributed by atoms with van der Waals surface area (Å²) >= 11 is 0. The average Bonchev–Trinajstić information content (AvgIpc) is 0.939. The van der Waals surface area contributed by atoms with E-state index in [1.807, 2.05) is 36.5 Å². The van der Waals surface area contributed by atoms with Crippen molar-refractivity contribution >= 4 is 39.5 Å². The molecular weight excluding hydrogens is 1350 g/mol. The van der Waals surface area contributed by atoms with Crippen LogP contribution in [0.4, 0.5) is 0 Å². The number of carbonyl (C=O) groups is 4. The fourth-order valence-electron chi connectivity index (χ4n) is 9.27. The van der Waals surface area contributed by atoms with E-state index in [0.29, 0.717) is 44.9 Å². The smallest absolute Gasteiger partial charge is 0.462 e. The Morgan fingerprint density at radius 2 is 0.529 bits per heavy atom. The number of hydrogen-bond acceptors (Lipinski definition) is 15. The highest BCUT2D eigenvalue weighted by Crippen LogP contribution is 2.45. The molecule has 0 aliphatic heterocycles. The zero-order chi connectivity index (χ0) is 76.0. The third kappa shape index (κ3) is 74.2. The average molecular weight is 1490 g/mol. The predicted octanol–water partition coefficient (Wildman–Crippen LogP) is 22.5. The van der Waals surface area contributed by atoms with Gasteiger partial charge in [0.2, 0.25) is 0 Å². The zero-order valence-corrected chi connectivity index (χ0v) is 65.6. The lowest BCUT2D eigenvalue weighted by Crippen LogP contribution is -2.30. The summed E-state index contributed by atoms with van der Waals surface area (Å²) in [6, 6.07) is 0. The minimum Gasteiger partial charge on any atom is -0.462 e. The van der Waals surface area contributed by atoms with Crippen molar-refractivity contribution < 1.29 is 80.2 Å². The summed E-state index contributed by atoms with van der Waals surface area (Å²) in [5, 5.41) is 10.6. The fourth-order valence-corrected chi connectivity index (χ4v) is 10.8. The molecule has 0 aromatic carbocycles. The van der Waals surface area contributed by atoms with Gasteiger partial charge in [0.25, 0.3) is 0 Å². The summed E-state index contributed by atoms with van der Waals surface area (Å²) in [6.07, 6.45) is 91.6. The lowest BCUT2D eigenvalue weighted by Gasteiger charge is -2.21. The van der Waals surface area contributed by atoms with E-state index in [9.17, 15) is 43.2 Å². The van der Waals surface area contributed by atoms with Gasteiger partial charge in [0, 0.05) is 25.7 Å². The Bertz CT molecular complexity index is 2740. The van der Waals surface area contributed by atoms with E-state index >= 15 is 0 Å². The van der Waals surface area contributed by atoms with Gasteiger partial charge in [-0.1, -0.05) is 261 Å². The van der Waals surface area contributed by atoms with Gasteiger partial charge in [0.1, 0.15) is 19.3 Å². The van der Waals surface area contributed by atoms with E-state index in [1.54, 1.807) is 0 Å². The predicted molar refractivity (Wildman–Crippen MR) is 426 cm³/mol. The first-order valence-corrected chi connectivity index (χ1v) is 41.7. The van der Waals surface area contributed by atoms with Crippen molar-refractivity contribution in [3.63, 3.8) is 0 Å². The van der Waals surface area contributed by atoms with Crippen molar-refractivity contribution in [2.45, 2.75) is 277 Å². The molecule has 17 nitrogen and oxygen atoms in total. The molecule has 0 saturated carbocycles. The van der Waals surface area contributed by atoms with E-state index in [4.69, 9.17) is 37.0 Å². The van der Waals surface area contributed by atoms with Crippen LogP contribution in [0.25, 0.3) is 0 Å². The number of phosphoric ester groups is 2. The number of aliphatic hydroxyl groups excluding tert-OH is 1. The van der Waals surface area contributed by atoms with Crippen molar-refractivity contribution in [1.82, 2.24) is 0 Å². The summed E-state index contributed by atoms with van der Waals surface area (Å²) in [6.45, 7) is 4.26. The number of allylic oxidation sites excluding steroid dienone is 32. The molecule has 104 heavy (non-hydrogen) atoms. The lowest BCUT2D eigenvalue weighted by atomic mass is 10.1. The number of esters is 4. The Kier molecular flexibility index (Phi) is 70.7. The van der Waals surface area contributed by atoms with E-state index < -0.39 is 97.5 Å². The molecule has 3 N–H and O–H groups in total. The van der Waals surface area contributed by atoms with Crippen molar-refractivity contribution in [2.24, 2.45) is 0 Å². The molecule has 0 aliphatic rings. The molecule has 0 aromatic rings. The summed E-state index contributed by atoms with van der Waals surface area (Å²) < 4.78 is 68.3. The number of carbonyl (C=O) groups excluding carboxylic acids is 4. The number of unbranched alkanes of at least 4 members (excludes halogenated alkanes) is 12. The highest BCUT2D eigenvalue weighted by Gasteiger charge is 2.30. The molecular formula is C85H134O17P2. The van der Waals surface area contributed by atoms with E-state index in [-0.39, 0.29) is 25.7 Å². The van der Waals surface area contributed by atoms with Gasteiger partial charge in [-0.05, 0) is 167 Å². The largest absolute Gasteiger partial charge is 0.472 e. The van der Waals surface area contributed by atoms with Gasteiger partial charge in [-0.2, -0.15) is 0 Å². The van der Waals surface area contributed by atoms with Crippen molar-refractivity contribution in [2.75, 3.05) is 39.6 Å². The third-order valence-electron chi connectivity index (χ3n) is 15.0. The first-order valence-electron chi connectivity index (χ1n) is 38.7. The molecule has 0 saturated heterocycles. The number of aliphatic hydroxyl groups is 1. The van der Waals surface area contributed by atoms with Gasteiger partial charge in [0.15, 0.2) is 12.2 Å². The van der Waals surface area contributed by atoms with Crippen LogP contribution in [-0.2, 0) is 65.4 Å². The number of rotatable bonds is 70. The van der Waals surface area contributed by atoms with Crippen LogP contribution in [0.2, 0.25) is 0 Å². The summed E-state index contributed by atoms with van der Waals surface area (Å²) in [7, 11) is -10.0. The van der Waals surface area contributed by atoms with Gasteiger partial charge >= 0.3 is 39.5 Å². The standard InChI is InChI=1S/C85H134O17P2/c1-5-9-13-17-21-25-29-33-36-38-39-41-44-47-50-54-58-62-66-70-83(88)95-75-80(101-84(89)71-67-63-59-55-51-45-32-28-24-20-16-12-8-4)77-99-103(91,92)97-73-79(86)74-98-104(93,94)100-78-81(102-85(90)72-68-64-60-56-52-48-42-35-31-27-23-19-15-11-7-3)76-96-82(87)69-65-61-57-53-49-46-43-40-37-34-30-26-22-18-14-10-6-2/h9-11,13-15,21-23,25-28,32-37,39,41-43,46-47,50,52-53,56-58,62,79-81,86H,5-8,12,16-20,24,29-31,38,40,44-45,48-49,51,54-55,59-61,63-78H2,1-4H3,(H,91,92)(H,93,94)/b13-9-,14-10-,15-11-,25-21-,26-22-,27-23-,32-28-,36-33-,37-34-,41-39-,42-35-,46-43-,50-47-,56-52-,57-53-,62-58-. The molecule has 19 heteroatoms. The Morgan fingerprint density at radius 3 is 0.885 bits per heavy atom. The second kappa shape index (κ2) is 75.1. The van der Waals surface area contributed by atoms with Crippen LogP contribution >= 0.6 is 15.6 Å². The molecule has 0 radical (unpaired) electrons. The molecule has 586 valence electrons. The van der Waals surface area contributed by atoms with Crippen LogP contribution in [0.1, 0.15) is 259 Å². The maximum absolute atomic E-state index is 13.1. The van der Waals surface area contributed by atoms with E-state index in [1.165, 1.54) is 25.7 Å². The van der Waals surface area contributed by atoms with Crippen molar-refractivity contribution in [3.05, 3.63) is 194 Å². The van der Waals surface area contributed by atoms with Crippen LogP contribution in [0, 0.1) is 0 Å². The monoisotopic (exact) mass is 1490 g/mol. The molecule has 0 spiro atoms. The van der Waals surface area contributed by atoms with Crippen molar-refractivity contribution in [1.29, 1.82) is 0 Å². The van der Waals surface area contributed by atoms with Gasteiger partial charge in [-0.25, -0.2) is 9.13 Å². The fraction of sp³-hybridized carbons (Fsp3) is 0.576. The Balaban J connectivity index is 5.52. The Morgan fingerprint density at radius 1 is 0.279 bits per heavy atom. The number of ether oxygens (including phenoxy) is 4. The van der Waals surface area contributed by atoms with Crippen LogP contribution in [0.5, 0.6) is 0 Å². The van der Waals surface area contributed by atoms with Gasteiger partial charge < -0.3 is 33.8 Å². The molecule has 0 aliphatic carbocycles. The molecule has 5 unspecified atom stereocenters. The second-order valence-electron chi connectivity index (χ2n) is 24.8. The summed E-state index contributed by atoms with van der Waals surface area (Å²) in [5.74, 6) is -2.42. The van der Waals surface area contributed by atoms with Crippen LogP contribution < -0.4 is 0 Å². The Labute approximate surface area is 627 Å². The highest BCUT2D eigenvalue weighted by atomic mass is 31.2. The normalized spacial score (nSPS) is 15.0. The topological polar surface area (TPSA) is 237 Å². The number of hydrogen-bond donors (Lipinski definition) is 3. The lowest BCUT2D eigenvalue weighted by molar-refractivity contribution is -0.161. The highest BCUT2D eigenvalue weighted by molar-refractivity contribution is 7.47. The molecule has 0 aromatic heterocycles. The van der Waals surface area contributed by atoms with E-state index in [2.05, 4.69) is 186 Å². The number of phosphoric acid groups is 2. The first kappa shape index (κ1) is 97.9. The molecule has 0 bridgehead atoms. The minimum atomic E-state index is -5.01. The molecule has 0 rings (SSSR count). The van der Waals surface area contributed by atoms with Gasteiger partial charge in [-0.3, -0.25) is 37.3 Å².